The minimum absolute atomic E-state index is 0.404. The molecule has 108 valence electrons. The molecular formula is C16H18O3Si2. The fourth-order valence-electron chi connectivity index (χ4n) is 2.11. The van der Waals surface area contributed by atoms with Gasteiger partial charge in [0.1, 0.15) is 0 Å². The molecule has 0 unspecified atom stereocenters. The average molecular weight is 314 g/mol. The molecule has 0 atom stereocenters. The lowest BCUT2D eigenvalue weighted by Gasteiger charge is -2.31. The second kappa shape index (κ2) is 6.34. The van der Waals surface area contributed by atoms with Crippen LogP contribution in [0.5, 0.6) is 0 Å². The summed E-state index contributed by atoms with van der Waals surface area (Å²) in [4.78, 5) is 20.9. The molecule has 2 aromatic carbocycles. The van der Waals surface area contributed by atoms with Crippen molar-refractivity contribution in [2.45, 2.75) is 0 Å². The van der Waals surface area contributed by atoms with E-state index in [0.717, 1.165) is 5.19 Å². The molecule has 5 heteroatoms. The van der Waals surface area contributed by atoms with Crippen LogP contribution in [0.25, 0.3) is 0 Å². The first-order valence-electron chi connectivity index (χ1n) is 6.57. The summed E-state index contributed by atoms with van der Waals surface area (Å²) in [6, 6.07) is 18.1. The van der Waals surface area contributed by atoms with Gasteiger partial charge in [0.2, 0.25) is 0 Å². The van der Waals surface area contributed by atoms with Crippen molar-refractivity contribution in [1.82, 2.24) is 0 Å². The van der Waals surface area contributed by atoms with E-state index in [1.165, 1.54) is 0 Å². The molecule has 0 heterocycles. The quantitative estimate of drug-likeness (QED) is 0.786. The van der Waals surface area contributed by atoms with Crippen molar-refractivity contribution in [2.24, 2.45) is 0 Å². The molecule has 0 fully saturated rings. The molecule has 0 aliphatic rings. The molecule has 0 spiro atoms. The SMILES string of the molecule is C=C[Si](C=C)(O[Si](O)(O)c1ccccc1)c1ccccc1. The highest BCUT2D eigenvalue weighted by Gasteiger charge is 2.45. The van der Waals surface area contributed by atoms with Gasteiger partial charge in [0, 0.05) is 5.19 Å². The van der Waals surface area contributed by atoms with Crippen LogP contribution in [0.15, 0.2) is 85.2 Å². The summed E-state index contributed by atoms with van der Waals surface area (Å²) in [6.07, 6.45) is 0. The molecule has 0 bridgehead atoms. The van der Waals surface area contributed by atoms with Gasteiger partial charge in [0.15, 0.2) is 0 Å². The highest BCUT2D eigenvalue weighted by Crippen LogP contribution is 2.14. The van der Waals surface area contributed by atoms with Crippen LogP contribution in [-0.4, -0.2) is 26.7 Å². The third-order valence-corrected chi connectivity index (χ3v) is 9.32. The first kappa shape index (κ1) is 15.6. The Morgan fingerprint density at radius 2 is 1.19 bits per heavy atom. The van der Waals surface area contributed by atoms with Crippen LogP contribution < -0.4 is 10.4 Å². The van der Waals surface area contributed by atoms with E-state index in [4.69, 9.17) is 4.12 Å². The Bertz CT molecular complexity index is 604. The predicted molar refractivity (Wildman–Crippen MR) is 89.6 cm³/mol. The zero-order chi connectivity index (χ0) is 15.3. The van der Waals surface area contributed by atoms with E-state index in [-0.39, 0.29) is 0 Å². The van der Waals surface area contributed by atoms with Gasteiger partial charge in [-0.25, -0.2) is 0 Å². The second-order valence-corrected chi connectivity index (χ2v) is 10.2. The summed E-state index contributed by atoms with van der Waals surface area (Å²) in [5.41, 5.74) is 3.32. The van der Waals surface area contributed by atoms with Gasteiger partial charge in [-0.1, -0.05) is 72.1 Å². The lowest BCUT2D eigenvalue weighted by molar-refractivity contribution is 0.261. The van der Waals surface area contributed by atoms with E-state index in [1.54, 1.807) is 35.7 Å². The van der Waals surface area contributed by atoms with Gasteiger partial charge in [-0.15, -0.1) is 13.2 Å². The van der Waals surface area contributed by atoms with Crippen LogP contribution in [0, 0.1) is 0 Å². The van der Waals surface area contributed by atoms with Crippen LogP contribution in [0.2, 0.25) is 0 Å². The number of hydrogen-bond donors (Lipinski definition) is 2. The van der Waals surface area contributed by atoms with Gasteiger partial charge in [-0.2, -0.15) is 0 Å². The van der Waals surface area contributed by atoms with Crippen LogP contribution in [-0.2, 0) is 4.12 Å². The molecule has 2 aromatic rings. The predicted octanol–water partition coefficient (Wildman–Crippen LogP) is 1.14. The number of hydrogen-bond acceptors (Lipinski definition) is 3. The monoisotopic (exact) mass is 314 g/mol. The topological polar surface area (TPSA) is 49.7 Å². The number of benzene rings is 2. The van der Waals surface area contributed by atoms with E-state index in [0.29, 0.717) is 5.19 Å². The first-order chi connectivity index (χ1) is 10.0. The molecule has 2 N–H and O–H groups in total. The second-order valence-electron chi connectivity index (χ2n) is 4.64. The highest BCUT2D eigenvalue weighted by molar-refractivity contribution is 7.00. The van der Waals surface area contributed by atoms with Gasteiger partial charge >= 0.3 is 8.80 Å². The Kier molecular flexibility index (Phi) is 4.71. The summed E-state index contributed by atoms with van der Waals surface area (Å²) in [5, 5.41) is 1.28. The smallest absolute Gasteiger partial charge is 0.401 e. The summed E-state index contributed by atoms with van der Waals surface area (Å²) < 4.78 is 5.85. The standard InChI is InChI=1S/C16H18O3Si2/c1-3-20(4-2,15-11-7-5-8-12-15)19-21(17,18)16-13-9-6-10-14-16/h3-14,17-18H,1-2H2. The number of rotatable bonds is 6. The van der Waals surface area contributed by atoms with Gasteiger partial charge in [-0.05, 0) is 5.19 Å². The molecule has 21 heavy (non-hydrogen) atoms. The summed E-state index contributed by atoms with van der Waals surface area (Å²) in [6.45, 7) is 7.65. The van der Waals surface area contributed by atoms with Gasteiger partial charge in [0.05, 0.1) is 0 Å². The van der Waals surface area contributed by atoms with Crippen LogP contribution in [0.3, 0.4) is 0 Å². The maximum Gasteiger partial charge on any atom is 0.521 e. The Morgan fingerprint density at radius 1 is 0.762 bits per heavy atom. The zero-order valence-corrected chi connectivity index (χ0v) is 13.6. The molecule has 0 aliphatic carbocycles. The first-order valence-corrected chi connectivity index (χ1v) is 10.4. The van der Waals surface area contributed by atoms with E-state index < -0.39 is 17.1 Å². The van der Waals surface area contributed by atoms with Crippen molar-refractivity contribution >= 4 is 27.5 Å². The van der Waals surface area contributed by atoms with Crippen LogP contribution in [0.4, 0.5) is 0 Å². The van der Waals surface area contributed by atoms with Crippen molar-refractivity contribution in [3.8, 4) is 0 Å². The van der Waals surface area contributed by atoms with E-state index in [9.17, 15) is 9.59 Å². The molecule has 0 aliphatic heterocycles. The van der Waals surface area contributed by atoms with Gasteiger partial charge in [0.25, 0.3) is 8.32 Å². The molecule has 0 saturated carbocycles. The Hall–Kier alpha value is -1.77. The lowest BCUT2D eigenvalue weighted by atomic mass is 10.4. The molecular weight excluding hydrogens is 296 g/mol. The van der Waals surface area contributed by atoms with Crippen LogP contribution >= 0.6 is 0 Å². The van der Waals surface area contributed by atoms with Gasteiger partial charge in [-0.3, -0.25) is 0 Å². The maximum absolute atomic E-state index is 10.5. The highest BCUT2D eigenvalue weighted by atomic mass is 28.5. The third kappa shape index (κ3) is 3.29. The van der Waals surface area contributed by atoms with E-state index in [2.05, 4.69) is 13.2 Å². The Labute approximate surface area is 127 Å². The molecule has 2 rings (SSSR count). The van der Waals surface area contributed by atoms with Crippen molar-refractivity contribution < 1.29 is 13.7 Å². The molecule has 0 saturated heterocycles. The molecule has 3 nitrogen and oxygen atoms in total. The van der Waals surface area contributed by atoms with E-state index in [1.807, 2.05) is 36.4 Å². The van der Waals surface area contributed by atoms with Crippen molar-refractivity contribution in [2.75, 3.05) is 0 Å². The fourth-order valence-corrected chi connectivity index (χ4v) is 7.58. The van der Waals surface area contributed by atoms with Crippen molar-refractivity contribution in [3.63, 3.8) is 0 Å². The molecule has 0 aromatic heterocycles. The average Bonchev–Trinajstić information content (AvgIpc) is 2.54. The minimum atomic E-state index is -4.02. The Morgan fingerprint density at radius 3 is 1.62 bits per heavy atom. The van der Waals surface area contributed by atoms with Crippen molar-refractivity contribution in [1.29, 1.82) is 0 Å². The largest absolute Gasteiger partial charge is 0.521 e. The van der Waals surface area contributed by atoms with Gasteiger partial charge < -0.3 is 13.7 Å². The fraction of sp³-hybridized carbons (Fsp3) is 0. The lowest BCUT2D eigenvalue weighted by Crippen LogP contribution is -2.62. The summed E-state index contributed by atoms with van der Waals surface area (Å²) >= 11 is 0. The Balaban J connectivity index is 2.41. The third-order valence-electron chi connectivity index (χ3n) is 3.29. The van der Waals surface area contributed by atoms with Crippen molar-refractivity contribution in [3.05, 3.63) is 85.2 Å². The van der Waals surface area contributed by atoms with Crippen LogP contribution in [0.1, 0.15) is 0 Å². The molecule has 0 amide bonds. The molecule has 0 radical (unpaired) electrons. The zero-order valence-electron chi connectivity index (χ0n) is 11.6. The minimum Gasteiger partial charge on any atom is -0.401 e. The van der Waals surface area contributed by atoms with E-state index >= 15 is 0 Å². The summed E-state index contributed by atoms with van der Waals surface area (Å²) in [7, 11) is -6.87. The summed E-state index contributed by atoms with van der Waals surface area (Å²) in [5.74, 6) is 0. The normalized spacial score (nSPS) is 11.9. The maximum atomic E-state index is 10.5.